The fourth-order valence-electron chi connectivity index (χ4n) is 3.24. The summed E-state index contributed by atoms with van der Waals surface area (Å²) >= 11 is 1.80. The number of nitrogens with zero attached hydrogens (tertiary/aromatic N) is 1. The lowest BCUT2D eigenvalue weighted by atomic mass is 9.93. The van der Waals surface area contributed by atoms with Gasteiger partial charge in [0.2, 0.25) is 0 Å². The zero-order chi connectivity index (χ0) is 13.7. The molecule has 1 aromatic rings. The van der Waals surface area contributed by atoms with Gasteiger partial charge in [0, 0.05) is 35.3 Å². The van der Waals surface area contributed by atoms with Gasteiger partial charge in [-0.1, -0.05) is 25.3 Å². The Kier molecular flexibility index (Phi) is 5.59. The SMILES string of the molecule is CCN(c1cccc(SC)c1CN)C1CCCCC1. The summed E-state index contributed by atoms with van der Waals surface area (Å²) in [5.41, 5.74) is 8.70. The molecule has 0 unspecified atom stereocenters. The smallest absolute Gasteiger partial charge is 0.0425 e. The van der Waals surface area contributed by atoms with Gasteiger partial charge < -0.3 is 10.6 Å². The van der Waals surface area contributed by atoms with Gasteiger partial charge in [-0.3, -0.25) is 0 Å². The number of hydrogen-bond acceptors (Lipinski definition) is 3. The first kappa shape index (κ1) is 14.7. The van der Waals surface area contributed by atoms with Crippen LogP contribution in [0.3, 0.4) is 0 Å². The lowest BCUT2D eigenvalue weighted by molar-refractivity contribution is 0.417. The predicted molar refractivity (Wildman–Crippen MR) is 86.0 cm³/mol. The fourth-order valence-corrected chi connectivity index (χ4v) is 3.89. The third-order valence-corrected chi connectivity index (χ3v) is 5.02. The lowest BCUT2D eigenvalue weighted by Gasteiger charge is -2.37. The largest absolute Gasteiger partial charge is 0.369 e. The molecule has 1 aliphatic rings. The summed E-state index contributed by atoms with van der Waals surface area (Å²) in [7, 11) is 0. The third kappa shape index (κ3) is 3.26. The summed E-state index contributed by atoms with van der Waals surface area (Å²) < 4.78 is 0. The molecule has 0 bridgehead atoms. The van der Waals surface area contributed by atoms with Gasteiger partial charge in [0.25, 0.3) is 0 Å². The molecule has 2 N–H and O–H groups in total. The number of anilines is 1. The van der Waals surface area contributed by atoms with Crippen LogP contribution in [0.2, 0.25) is 0 Å². The van der Waals surface area contributed by atoms with E-state index in [1.165, 1.54) is 48.3 Å². The average molecular weight is 278 g/mol. The standard InChI is InChI=1S/C16H26N2S/c1-3-18(13-8-5-4-6-9-13)15-10-7-11-16(19-2)14(15)12-17/h7,10-11,13H,3-6,8-9,12,17H2,1-2H3. The number of benzene rings is 1. The minimum atomic E-state index is 0.634. The van der Waals surface area contributed by atoms with Crippen LogP contribution >= 0.6 is 11.8 Å². The first-order valence-electron chi connectivity index (χ1n) is 7.44. The van der Waals surface area contributed by atoms with E-state index in [2.05, 4.69) is 36.3 Å². The van der Waals surface area contributed by atoms with Crippen molar-refractivity contribution in [2.75, 3.05) is 17.7 Å². The minimum Gasteiger partial charge on any atom is -0.369 e. The molecular weight excluding hydrogens is 252 g/mol. The van der Waals surface area contributed by atoms with E-state index in [-0.39, 0.29) is 0 Å². The second kappa shape index (κ2) is 7.20. The van der Waals surface area contributed by atoms with Crippen molar-refractivity contribution in [1.29, 1.82) is 0 Å². The molecule has 1 aliphatic carbocycles. The Hall–Kier alpha value is -0.670. The molecule has 0 saturated heterocycles. The maximum atomic E-state index is 6.01. The van der Waals surface area contributed by atoms with Crippen LogP contribution in [0.4, 0.5) is 5.69 Å². The van der Waals surface area contributed by atoms with Crippen LogP contribution in [-0.2, 0) is 6.54 Å². The van der Waals surface area contributed by atoms with E-state index >= 15 is 0 Å². The summed E-state index contributed by atoms with van der Waals surface area (Å²) in [5.74, 6) is 0. The second-order valence-corrected chi connectivity index (χ2v) is 6.09. The Morgan fingerprint density at radius 3 is 2.58 bits per heavy atom. The van der Waals surface area contributed by atoms with Crippen LogP contribution < -0.4 is 10.6 Å². The highest BCUT2D eigenvalue weighted by Gasteiger charge is 2.22. The van der Waals surface area contributed by atoms with E-state index in [1.807, 2.05) is 0 Å². The summed E-state index contributed by atoms with van der Waals surface area (Å²) in [6, 6.07) is 7.32. The molecule has 0 atom stereocenters. The van der Waals surface area contributed by atoms with E-state index in [9.17, 15) is 0 Å². The average Bonchev–Trinajstić information content (AvgIpc) is 2.48. The molecule has 0 aliphatic heterocycles. The molecule has 0 amide bonds. The Labute approximate surface area is 121 Å². The van der Waals surface area contributed by atoms with Crippen molar-refractivity contribution < 1.29 is 0 Å². The van der Waals surface area contributed by atoms with E-state index in [4.69, 9.17) is 5.73 Å². The number of thioether (sulfide) groups is 1. The van der Waals surface area contributed by atoms with E-state index in [0.717, 1.165) is 6.54 Å². The van der Waals surface area contributed by atoms with Crippen molar-refractivity contribution in [1.82, 2.24) is 0 Å². The quantitative estimate of drug-likeness (QED) is 0.825. The molecule has 1 fully saturated rings. The lowest BCUT2D eigenvalue weighted by Crippen LogP contribution is -2.37. The maximum absolute atomic E-state index is 6.01. The van der Waals surface area contributed by atoms with Gasteiger partial charge in [-0.2, -0.15) is 0 Å². The molecule has 19 heavy (non-hydrogen) atoms. The summed E-state index contributed by atoms with van der Waals surface area (Å²) in [5, 5.41) is 0. The molecule has 1 saturated carbocycles. The molecule has 1 aromatic carbocycles. The zero-order valence-electron chi connectivity index (χ0n) is 12.2. The molecule has 0 heterocycles. The Morgan fingerprint density at radius 2 is 2.00 bits per heavy atom. The van der Waals surface area contributed by atoms with Crippen LogP contribution in [-0.4, -0.2) is 18.8 Å². The highest BCUT2D eigenvalue weighted by Crippen LogP contribution is 2.33. The van der Waals surface area contributed by atoms with Gasteiger partial charge in [0.15, 0.2) is 0 Å². The van der Waals surface area contributed by atoms with Crippen molar-refractivity contribution in [3.05, 3.63) is 23.8 Å². The van der Waals surface area contributed by atoms with Gasteiger partial charge >= 0.3 is 0 Å². The molecule has 0 spiro atoms. The predicted octanol–water partition coefficient (Wildman–Crippen LogP) is 4.03. The van der Waals surface area contributed by atoms with Gasteiger partial charge in [0.1, 0.15) is 0 Å². The Morgan fingerprint density at radius 1 is 1.26 bits per heavy atom. The van der Waals surface area contributed by atoms with Crippen LogP contribution in [0.25, 0.3) is 0 Å². The van der Waals surface area contributed by atoms with E-state index in [0.29, 0.717) is 12.6 Å². The number of nitrogens with two attached hydrogens (primary N) is 1. The molecule has 2 rings (SSSR count). The van der Waals surface area contributed by atoms with E-state index < -0.39 is 0 Å². The van der Waals surface area contributed by atoms with Crippen LogP contribution in [0, 0.1) is 0 Å². The van der Waals surface area contributed by atoms with E-state index in [1.54, 1.807) is 11.8 Å². The Balaban J connectivity index is 2.31. The van der Waals surface area contributed by atoms with Crippen LogP contribution in [0.1, 0.15) is 44.6 Å². The van der Waals surface area contributed by atoms with Gasteiger partial charge in [-0.25, -0.2) is 0 Å². The topological polar surface area (TPSA) is 29.3 Å². The van der Waals surface area contributed by atoms with Crippen molar-refractivity contribution >= 4 is 17.4 Å². The first-order chi connectivity index (χ1) is 9.31. The van der Waals surface area contributed by atoms with Gasteiger partial charge in [0.05, 0.1) is 0 Å². The normalized spacial score (nSPS) is 16.6. The number of rotatable bonds is 5. The number of hydrogen-bond donors (Lipinski definition) is 1. The highest BCUT2D eigenvalue weighted by molar-refractivity contribution is 7.98. The van der Waals surface area contributed by atoms with Crippen LogP contribution in [0.15, 0.2) is 23.1 Å². The molecule has 3 heteroatoms. The highest BCUT2D eigenvalue weighted by atomic mass is 32.2. The summed E-state index contributed by atoms with van der Waals surface area (Å²) in [6.45, 7) is 3.98. The van der Waals surface area contributed by atoms with Gasteiger partial charge in [-0.15, -0.1) is 11.8 Å². The molecule has 0 aromatic heterocycles. The van der Waals surface area contributed by atoms with Crippen LogP contribution in [0.5, 0.6) is 0 Å². The first-order valence-corrected chi connectivity index (χ1v) is 8.66. The summed E-state index contributed by atoms with van der Waals surface area (Å²) in [4.78, 5) is 3.91. The molecule has 106 valence electrons. The van der Waals surface area contributed by atoms with Gasteiger partial charge in [-0.05, 0) is 38.2 Å². The Bertz CT molecular complexity index is 400. The molecule has 2 nitrogen and oxygen atoms in total. The molecule has 0 radical (unpaired) electrons. The molecular formula is C16H26N2S. The second-order valence-electron chi connectivity index (χ2n) is 5.24. The monoisotopic (exact) mass is 278 g/mol. The minimum absolute atomic E-state index is 0.634. The van der Waals surface area contributed by atoms with Crippen molar-refractivity contribution in [2.45, 2.75) is 56.5 Å². The zero-order valence-corrected chi connectivity index (χ0v) is 13.0. The summed E-state index contributed by atoms with van der Waals surface area (Å²) in [6.07, 6.45) is 8.96. The maximum Gasteiger partial charge on any atom is 0.0425 e. The van der Waals surface area contributed by atoms with Crippen molar-refractivity contribution in [3.63, 3.8) is 0 Å². The van der Waals surface area contributed by atoms with Crippen molar-refractivity contribution in [2.24, 2.45) is 5.73 Å². The van der Waals surface area contributed by atoms with Crippen molar-refractivity contribution in [3.8, 4) is 0 Å². The fraction of sp³-hybridized carbons (Fsp3) is 0.625. The third-order valence-electron chi connectivity index (χ3n) is 4.20.